The van der Waals surface area contributed by atoms with Gasteiger partial charge in [0.1, 0.15) is 0 Å². The summed E-state index contributed by atoms with van der Waals surface area (Å²) in [6.45, 7) is 8.46. The zero-order chi connectivity index (χ0) is 21.6. The topological polar surface area (TPSA) is 70.2 Å². The smallest absolute Gasteiger partial charge is 0.251 e. The number of ether oxygens (including phenoxy) is 1. The van der Waals surface area contributed by atoms with Crippen molar-refractivity contribution in [2.75, 3.05) is 32.8 Å². The Kier molecular flexibility index (Phi) is 7.27. The fourth-order valence-electron chi connectivity index (χ4n) is 3.90. The minimum atomic E-state index is -0.0182. The zero-order valence-corrected chi connectivity index (χ0v) is 19.0. The van der Waals surface area contributed by atoms with Gasteiger partial charge in [0, 0.05) is 37.0 Å². The Balaban J connectivity index is 1.30. The summed E-state index contributed by atoms with van der Waals surface area (Å²) in [5.41, 5.74) is 3.89. The molecule has 2 heterocycles. The van der Waals surface area contributed by atoms with E-state index in [9.17, 15) is 4.79 Å². The fourth-order valence-corrected chi connectivity index (χ4v) is 4.74. The molecule has 2 N–H and O–H groups in total. The van der Waals surface area contributed by atoms with Crippen LogP contribution in [0.25, 0.3) is 11.0 Å². The molecule has 1 aliphatic heterocycles. The number of benzene rings is 2. The average Bonchev–Trinajstić information content (AvgIpc) is 3.21. The second-order valence-corrected chi connectivity index (χ2v) is 9.18. The summed E-state index contributed by atoms with van der Waals surface area (Å²) in [5, 5.41) is 4.04. The van der Waals surface area contributed by atoms with Crippen molar-refractivity contribution in [1.29, 1.82) is 0 Å². The molecule has 1 aromatic heterocycles. The fraction of sp³-hybridized carbons (Fsp3) is 0.417. The van der Waals surface area contributed by atoms with Crippen LogP contribution >= 0.6 is 11.8 Å². The van der Waals surface area contributed by atoms with Gasteiger partial charge in [0.15, 0.2) is 5.16 Å². The third-order valence-electron chi connectivity index (χ3n) is 5.72. The third kappa shape index (κ3) is 5.67. The lowest BCUT2D eigenvalue weighted by atomic mass is 10.0. The highest BCUT2D eigenvalue weighted by atomic mass is 32.2. The number of rotatable bonds is 8. The van der Waals surface area contributed by atoms with E-state index in [1.54, 1.807) is 11.8 Å². The standard InChI is InChI=1S/C24H30N4O2S/c1-17(2)22(28-11-13-30-14-12-28)15-25-23(29)19-9-7-18(8-10-19)16-31-24-26-20-5-3-4-6-21(20)27-24/h3-10,17,22H,11-16H2,1-2H3,(H,25,29)(H,26,27). The Morgan fingerprint density at radius 3 is 2.61 bits per heavy atom. The first-order valence-electron chi connectivity index (χ1n) is 10.9. The molecule has 0 radical (unpaired) electrons. The number of nitrogens with zero attached hydrogens (tertiary/aromatic N) is 2. The molecule has 164 valence electrons. The van der Waals surface area contributed by atoms with E-state index in [1.165, 1.54) is 0 Å². The van der Waals surface area contributed by atoms with Gasteiger partial charge in [-0.3, -0.25) is 9.69 Å². The second-order valence-electron chi connectivity index (χ2n) is 8.21. The molecule has 1 saturated heterocycles. The van der Waals surface area contributed by atoms with Gasteiger partial charge >= 0.3 is 0 Å². The second kappa shape index (κ2) is 10.3. The van der Waals surface area contributed by atoms with Gasteiger partial charge in [-0.25, -0.2) is 4.98 Å². The predicted molar refractivity (Wildman–Crippen MR) is 125 cm³/mol. The van der Waals surface area contributed by atoms with E-state index in [0.717, 1.165) is 53.8 Å². The molecule has 4 rings (SSSR count). The minimum Gasteiger partial charge on any atom is -0.379 e. The number of thioether (sulfide) groups is 1. The summed E-state index contributed by atoms with van der Waals surface area (Å²) in [5.74, 6) is 1.25. The first-order chi connectivity index (χ1) is 15.1. The molecule has 0 saturated carbocycles. The summed E-state index contributed by atoms with van der Waals surface area (Å²) in [7, 11) is 0. The van der Waals surface area contributed by atoms with Gasteiger partial charge in [-0.1, -0.05) is 49.9 Å². The maximum absolute atomic E-state index is 12.7. The highest BCUT2D eigenvalue weighted by Crippen LogP contribution is 2.23. The number of aromatic nitrogens is 2. The van der Waals surface area contributed by atoms with Gasteiger partial charge in [-0.05, 0) is 35.7 Å². The van der Waals surface area contributed by atoms with Gasteiger partial charge in [0.05, 0.1) is 24.2 Å². The first-order valence-corrected chi connectivity index (χ1v) is 11.8. The first kappa shape index (κ1) is 21.9. The summed E-state index contributed by atoms with van der Waals surface area (Å²) < 4.78 is 5.46. The van der Waals surface area contributed by atoms with Crippen LogP contribution < -0.4 is 5.32 Å². The van der Waals surface area contributed by atoms with Crippen molar-refractivity contribution in [3.8, 4) is 0 Å². The number of morpholine rings is 1. The van der Waals surface area contributed by atoms with Crippen molar-refractivity contribution in [2.24, 2.45) is 5.92 Å². The van der Waals surface area contributed by atoms with Crippen molar-refractivity contribution < 1.29 is 9.53 Å². The quantitative estimate of drug-likeness (QED) is 0.521. The van der Waals surface area contributed by atoms with Crippen LogP contribution in [0.3, 0.4) is 0 Å². The molecule has 1 amide bonds. The van der Waals surface area contributed by atoms with Crippen molar-refractivity contribution in [2.45, 2.75) is 30.8 Å². The van der Waals surface area contributed by atoms with Crippen molar-refractivity contribution >= 4 is 28.7 Å². The number of imidazole rings is 1. The van der Waals surface area contributed by atoms with E-state index in [2.05, 4.69) is 34.0 Å². The number of para-hydroxylation sites is 2. The lowest BCUT2D eigenvalue weighted by Gasteiger charge is -2.36. The van der Waals surface area contributed by atoms with E-state index in [0.29, 0.717) is 24.1 Å². The van der Waals surface area contributed by atoms with Gasteiger partial charge in [-0.2, -0.15) is 0 Å². The molecule has 1 unspecified atom stereocenters. The molecule has 0 aliphatic carbocycles. The molecule has 1 fully saturated rings. The monoisotopic (exact) mass is 438 g/mol. The molecule has 0 spiro atoms. The highest BCUT2D eigenvalue weighted by molar-refractivity contribution is 7.98. The van der Waals surface area contributed by atoms with Crippen LogP contribution in [0.4, 0.5) is 0 Å². The molecule has 31 heavy (non-hydrogen) atoms. The van der Waals surface area contributed by atoms with Gasteiger partial charge in [-0.15, -0.1) is 0 Å². The van der Waals surface area contributed by atoms with Gasteiger partial charge in [0.2, 0.25) is 0 Å². The number of fused-ring (bicyclic) bond motifs is 1. The molecule has 6 nitrogen and oxygen atoms in total. The van der Waals surface area contributed by atoms with E-state index in [1.807, 2.05) is 48.5 Å². The predicted octanol–water partition coefficient (Wildman–Crippen LogP) is 3.94. The number of nitrogens with one attached hydrogen (secondary N) is 2. The van der Waals surface area contributed by atoms with Crippen LogP contribution in [0.1, 0.15) is 29.8 Å². The summed E-state index contributed by atoms with van der Waals surface area (Å²) in [6, 6.07) is 16.2. The number of carbonyl (C=O) groups is 1. The molecule has 0 bridgehead atoms. The molecule has 1 atom stereocenters. The average molecular weight is 439 g/mol. The summed E-state index contributed by atoms with van der Waals surface area (Å²) >= 11 is 1.66. The lowest BCUT2D eigenvalue weighted by Crippen LogP contribution is -2.51. The van der Waals surface area contributed by atoms with Crippen LogP contribution in [0.5, 0.6) is 0 Å². The molecule has 1 aliphatic rings. The molecule has 2 aromatic carbocycles. The Bertz CT molecular complexity index is 963. The summed E-state index contributed by atoms with van der Waals surface area (Å²) in [6.07, 6.45) is 0. The van der Waals surface area contributed by atoms with Crippen LogP contribution in [-0.4, -0.2) is 59.7 Å². The number of carbonyl (C=O) groups excluding carboxylic acids is 1. The van der Waals surface area contributed by atoms with Crippen molar-refractivity contribution in [3.05, 3.63) is 59.7 Å². The van der Waals surface area contributed by atoms with Crippen molar-refractivity contribution in [1.82, 2.24) is 20.2 Å². The minimum absolute atomic E-state index is 0.0182. The van der Waals surface area contributed by atoms with Gasteiger partial charge in [0.25, 0.3) is 5.91 Å². The Morgan fingerprint density at radius 1 is 1.16 bits per heavy atom. The van der Waals surface area contributed by atoms with Crippen LogP contribution in [0.15, 0.2) is 53.7 Å². The number of hydrogen-bond acceptors (Lipinski definition) is 5. The summed E-state index contributed by atoms with van der Waals surface area (Å²) in [4.78, 5) is 23.0. The number of hydrogen-bond donors (Lipinski definition) is 2. The van der Waals surface area contributed by atoms with Crippen LogP contribution in [0, 0.1) is 5.92 Å². The molecular weight excluding hydrogens is 408 g/mol. The number of H-pyrrole nitrogens is 1. The SMILES string of the molecule is CC(C)C(CNC(=O)c1ccc(CSc2nc3ccccc3[nH]2)cc1)N1CCOCC1. The highest BCUT2D eigenvalue weighted by Gasteiger charge is 2.24. The van der Waals surface area contributed by atoms with E-state index in [-0.39, 0.29) is 5.91 Å². The maximum Gasteiger partial charge on any atom is 0.251 e. The largest absolute Gasteiger partial charge is 0.379 e. The lowest BCUT2D eigenvalue weighted by molar-refractivity contribution is 0.00673. The van der Waals surface area contributed by atoms with Gasteiger partial charge < -0.3 is 15.0 Å². The zero-order valence-electron chi connectivity index (χ0n) is 18.1. The van der Waals surface area contributed by atoms with Crippen molar-refractivity contribution in [3.63, 3.8) is 0 Å². The van der Waals surface area contributed by atoms with Crippen LogP contribution in [-0.2, 0) is 10.5 Å². The Hall–Kier alpha value is -2.35. The number of aromatic amines is 1. The van der Waals surface area contributed by atoms with E-state index < -0.39 is 0 Å². The van der Waals surface area contributed by atoms with Crippen LogP contribution in [0.2, 0.25) is 0 Å². The molecule has 3 aromatic rings. The Labute approximate surface area is 187 Å². The van der Waals surface area contributed by atoms with E-state index in [4.69, 9.17) is 4.74 Å². The Morgan fingerprint density at radius 2 is 1.90 bits per heavy atom. The third-order valence-corrected chi connectivity index (χ3v) is 6.66. The number of amides is 1. The molecule has 7 heteroatoms. The molecular formula is C24H30N4O2S. The maximum atomic E-state index is 12.7. The van der Waals surface area contributed by atoms with E-state index >= 15 is 0 Å². The normalized spacial score (nSPS) is 16.0.